The predicted molar refractivity (Wildman–Crippen MR) is 143 cm³/mol. The maximum Gasteiger partial charge on any atom is 0.170 e. The van der Waals surface area contributed by atoms with E-state index in [1.165, 1.54) is 0 Å². The molecule has 0 fully saturated rings. The Morgan fingerprint density at radius 2 is 1.66 bits per heavy atom. The van der Waals surface area contributed by atoms with Crippen molar-refractivity contribution in [3.05, 3.63) is 84.3 Å². The number of benzene rings is 2. The molecule has 2 atom stereocenters. The molecular formula is C28H29N5OS. The summed E-state index contributed by atoms with van der Waals surface area (Å²) in [4.78, 5) is 5.09. The van der Waals surface area contributed by atoms with Gasteiger partial charge in [0.05, 0.1) is 17.3 Å². The Labute approximate surface area is 208 Å². The number of hydrogen-bond acceptors (Lipinski definition) is 5. The number of rotatable bonds is 5. The molecule has 0 radical (unpaired) electrons. The van der Waals surface area contributed by atoms with Crippen LogP contribution < -0.4 is 4.72 Å². The molecular weight excluding hydrogens is 454 g/mol. The molecule has 0 amide bonds. The van der Waals surface area contributed by atoms with Crippen molar-refractivity contribution in [2.45, 2.75) is 45.4 Å². The Morgan fingerprint density at radius 1 is 0.943 bits per heavy atom. The number of pyridine rings is 2. The summed E-state index contributed by atoms with van der Waals surface area (Å²) in [5.74, 6) is 0.845. The Balaban J connectivity index is 1.59. The quantitative estimate of drug-likeness (QED) is 0.309. The topological polar surface area (TPSA) is 78.2 Å². The van der Waals surface area contributed by atoms with Gasteiger partial charge in [0, 0.05) is 34.1 Å². The molecule has 0 saturated heterocycles. The number of hydrogen-bond donors (Lipinski definition) is 1. The molecule has 0 bridgehead atoms. The third kappa shape index (κ3) is 4.55. The third-order valence-corrected chi connectivity index (χ3v) is 7.83. The highest BCUT2D eigenvalue weighted by molar-refractivity contribution is 7.90. The highest BCUT2D eigenvalue weighted by atomic mass is 32.2. The van der Waals surface area contributed by atoms with Crippen molar-refractivity contribution in [1.29, 1.82) is 0 Å². The van der Waals surface area contributed by atoms with Crippen LogP contribution >= 0.6 is 0 Å². The molecule has 0 aliphatic rings. The fourth-order valence-electron chi connectivity index (χ4n) is 4.10. The van der Waals surface area contributed by atoms with Gasteiger partial charge in [-0.3, -0.25) is 4.40 Å². The van der Waals surface area contributed by atoms with Crippen LogP contribution in [0.4, 0.5) is 0 Å². The van der Waals surface area contributed by atoms with Crippen molar-refractivity contribution >= 4 is 27.9 Å². The van der Waals surface area contributed by atoms with Gasteiger partial charge < -0.3 is 4.55 Å². The van der Waals surface area contributed by atoms with E-state index < -0.39 is 11.4 Å². The van der Waals surface area contributed by atoms with Gasteiger partial charge in [-0.05, 0) is 57.9 Å². The van der Waals surface area contributed by atoms with E-state index in [1.54, 1.807) is 0 Å². The summed E-state index contributed by atoms with van der Waals surface area (Å²) in [6.45, 7) is 9.89. The van der Waals surface area contributed by atoms with Crippen LogP contribution in [0, 0.1) is 6.92 Å². The van der Waals surface area contributed by atoms with Crippen molar-refractivity contribution in [3.8, 4) is 22.4 Å². The minimum absolute atomic E-state index is 0.0354. The van der Waals surface area contributed by atoms with Gasteiger partial charge in [-0.15, -0.1) is 14.9 Å². The van der Waals surface area contributed by atoms with E-state index in [-0.39, 0.29) is 10.8 Å². The van der Waals surface area contributed by atoms with Crippen molar-refractivity contribution in [3.63, 3.8) is 0 Å². The fourth-order valence-corrected chi connectivity index (χ4v) is 4.91. The summed E-state index contributed by atoms with van der Waals surface area (Å²) < 4.78 is 17.4. The van der Waals surface area contributed by atoms with Crippen molar-refractivity contribution < 1.29 is 4.55 Å². The molecule has 0 aliphatic heterocycles. The number of nitrogens with one attached hydrogen (secondary N) is 1. The zero-order valence-electron chi connectivity index (χ0n) is 20.6. The Morgan fingerprint density at radius 3 is 2.34 bits per heavy atom. The lowest BCUT2D eigenvalue weighted by Crippen LogP contribution is -2.40. The van der Waals surface area contributed by atoms with Crippen LogP contribution in [0.25, 0.3) is 38.9 Å². The molecule has 0 spiro atoms. The summed E-state index contributed by atoms with van der Waals surface area (Å²) in [6.07, 6.45) is 1.97. The molecule has 35 heavy (non-hydrogen) atoms. The van der Waals surface area contributed by atoms with Gasteiger partial charge in [-0.2, -0.15) is 0 Å². The minimum atomic E-state index is -1.14. The van der Waals surface area contributed by atoms with E-state index in [0.29, 0.717) is 0 Å². The largest absolute Gasteiger partial charge is 0.598 e. The van der Waals surface area contributed by atoms with Crippen molar-refractivity contribution in [2.75, 3.05) is 0 Å². The Bertz CT molecular complexity index is 1490. The minimum Gasteiger partial charge on any atom is -0.598 e. The summed E-state index contributed by atoms with van der Waals surface area (Å²) in [6, 6.07) is 22.8. The lowest BCUT2D eigenvalue weighted by molar-refractivity contribution is 0.531. The molecule has 1 N–H and O–H groups in total. The van der Waals surface area contributed by atoms with E-state index in [9.17, 15) is 4.55 Å². The second kappa shape index (κ2) is 9.07. The van der Waals surface area contributed by atoms with Crippen LogP contribution in [0.2, 0.25) is 0 Å². The Hall–Kier alpha value is -3.26. The first-order chi connectivity index (χ1) is 16.7. The molecule has 7 heteroatoms. The maximum absolute atomic E-state index is 12.5. The lowest BCUT2D eigenvalue weighted by atomic mass is 9.96. The second-order valence-electron chi connectivity index (χ2n) is 9.78. The van der Waals surface area contributed by atoms with E-state index in [4.69, 9.17) is 4.98 Å². The highest BCUT2D eigenvalue weighted by Gasteiger charge is 2.28. The van der Waals surface area contributed by atoms with E-state index in [0.717, 1.165) is 50.3 Å². The molecule has 5 aromatic rings. The van der Waals surface area contributed by atoms with Crippen molar-refractivity contribution in [2.24, 2.45) is 0 Å². The van der Waals surface area contributed by atoms with Gasteiger partial charge in [0.25, 0.3) is 0 Å². The van der Waals surface area contributed by atoms with E-state index >= 15 is 0 Å². The Kier molecular flexibility index (Phi) is 6.09. The highest BCUT2D eigenvalue weighted by Crippen LogP contribution is 2.35. The molecule has 3 heterocycles. The molecule has 0 unspecified atom stereocenters. The van der Waals surface area contributed by atoms with E-state index in [2.05, 4.69) is 57.4 Å². The predicted octanol–water partition coefficient (Wildman–Crippen LogP) is 6.03. The fraction of sp³-hybridized carbons (Fsp3) is 0.250. The van der Waals surface area contributed by atoms with Crippen LogP contribution in [-0.2, 0) is 11.4 Å². The zero-order valence-corrected chi connectivity index (χ0v) is 21.4. The van der Waals surface area contributed by atoms with Gasteiger partial charge in [0.1, 0.15) is 10.6 Å². The zero-order chi connectivity index (χ0) is 24.7. The number of aromatic nitrogens is 4. The van der Waals surface area contributed by atoms with E-state index in [1.807, 2.05) is 69.5 Å². The monoisotopic (exact) mass is 483 g/mol. The smallest absolute Gasteiger partial charge is 0.170 e. The SMILES string of the molecule is Cc1nnc2c3cc(-c4ccccc4)c(-c4ccc([C@@H](C)N[S@+]([O-])C(C)(C)C)cc4)nc3ccn12. The van der Waals surface area contributed by atoms with Crippen LogP contribution in [0.5, 0.6) is 0 Å². The first-order valence-corrected chi connectivity index (χ1v) is 12.9. The number of aryl methyl sites for hydroxylation is 1. The summed E-state index contributed by atoms with van der Waals surface area (Å²) in [5.41, 5.74) is 6.83. The molecule has 6 nitrogen and oxygen atoms in total. The molecule has 0 saturated carbocycles. The van der Waals surface area contributed by atoms with Gasteiger partial charge in [0.15, 0.2) is 5.65 Å². The molecule has 178 valence electrons. The number of nitrogens with zero attached hydrogens (tertiary/aromatic N) is 4. The standard InChI is InChI=1S/C28H29N5OS/c1-18(32-35(34)28(3,4)5)20-11-13-22(14-12-20)26-23(21-9-7-6-8-10-21)17-24-25(29-26)15-16-33-19(2)30-31-27(24)33/h6-18,32H,1-5H3/t18-,35-/m1/s1. The van der Waals surface area contributed by atoms with Crippen molar-refractivity contribution in [1.82, 2.24) is 24.3 Å². The lowest BCUT2D eigenvalue weighted by Gasteiger charge is -2.26. The number of fused-ring (bicyclic) bond motifs is 3. The molecule has 2 aromatic carbocycles. The van der Waals surface area contributed by atoms with Crippen LogP contribution in [0.15, 0.2) is 72.9 Å². The van der Waals surface area contributed by atoms with Gasteiger partial charge in [0.2, 0.25) is 0 Å². The van der Waals surface area contributed by atoms with Gasteiger partial charge in [-0.1, -0.05) is 54.6 Å². The normalized spacial score (nSPS) is 13.9. The summed E-state index contributed by atoms with van der Waals surface area (Å²) in [7, 11) is 0. The molecule has 5 rings (SSSR count). The first-order valence-electron chi connectivity index (χ1n) is 11.7. The summed E-state index contributed by atoms with van der Waals surface area (Å²) in [5, 5.41) is 9.61. The van der Waals surface area contributed by atoms with Crippen LogP contribution in [0.1, 0.15) is 45.1 Å². The van der Waals surface area contributed by atoms with Crippen LogP contribution in [-0.4, -0.2) is 28.9 Å². The molecule has 0 aliphatic carbocycles. The first kappa shape index (κ1) is 23.5. The average molecular weight is 484 g/mol. The average Bonchev–Trinajstić information content (AvgIpc) is 3.24. The summed E-state index contributed by atoms with van der Waals surface area (Å²) >= 11 is -1.14. The van der Waals surface area contributed by atoms with Gasteiger partial charge >= 0.3 is 0 Å². The maximum atomic E-state index is 12.5. The molecule has 3 aromatic heterocycles. The van der Waals surface area contributed by atoms with Crippen LogP contribution in [0.3, 0.4) is 0 Å². The third-order valence-electron chi connectivity index (χ3n) is 6.15. The van der Waals surface area contributed by atoms with Gasteiger partial charge in [-0.25, -0.2) is 4.98 Å². The second-order valence-corrected chi connectivity index (χ2v) is 11.8.